The van der Waals surface area contributed by atoms with E-state index in [2.05, 4.69) is 0 Å². The van der Waals surface area contributed by atoms with Gasteiger partial charge in [0.05, 0.1) is 0 Å². The number of carbonyl (C=O) groups is 1. The van der Waals surface area contributed by atoms with Crippen LogP contribution in [0.5, 0.6) is 0 Å². The molecular weight excluding hydrogens is 224 g/mol. The van der Waals surface area contributed by atoms with Gasteiger partial charge in [-0.05, 0) is 13.8 Å². The van der Waals surface area contributed by atoms with Crippen LogP contribution in [0.4, 0.5) is 0 Å². The molecule has 1 aliphatic carbocycles. The van der Waals surface area contributed by atoms with Crippen LogP contribution >= 0.6 is 0 Å². The van der Waals surface area contributed by atoms with Gasteiger partial charge in [-0.1, -0.05) is 0 Å². The summed E-state index contributed by atoms with van der Waals surface area (Å²) in [4.78, 5) is 11.4. The molecule has 17 heavy (non-hydrogen) atoms. The van der Waals surface area contributed by atoms with Crippen LogP contribution in [0.3, 0.4) is 0 Å². The van der Waals surface area contributed by atoms with Crippen LogP contribution in [0, 0.1) is 29.6 Å². The summed E-state index contributed by atoms with van der Waals surface area (Å²) < 4.78 is 23.7. The molecule has 5 fully saturated rings. The molecule has 0 aromatic heterocycles. The summed E-state index contributed by atoms with van der Waals surface area (Å²) in [5.41, 5.74) is 0. The maximum absolute atomic E-state index is 11.4. The highest BCUT2D eigenvalue weighted by molar-refractivity contribution is 5.57. The Balaban J connectivity index is 1.78. The molecule has 0 N–H and O–H groups in total. The minimum atomic E-state index is -0.643. The standard InChI is InChI=1S/C12H14O5/c1-11-7-5-4(3-13)6-8(7)12(2,17-11)16-10(6)14-9(5)15-11/h3-10H,1-2H3/t4?,5-,6+,7-,8+,9+,10-,11+,12-. The maximum atomic E-state index is 11.4. The van der Waals surface area contributed by atoms with Crippen molar-refractivity contribution in [2.24, 2.45) is 29.6 Å². The van der Waals surface area contributed by atoms with Crippen LogP contribution in [0.25, 0.3) is 0 Å². The number of hydrogen-bond acceptors (Lipinski definition) is 5. The second-order valence-corrected chi connectivity index (χ2v) is 6.16. The molecular formula is C12H14O5. The number of ether oxygens (including phenoxy) is 4. The minimum absolute atomic E-state index is 0.00120. The molecule has 0 aromatic carbocycles. The molecule has 5 aliphatic rings. The molecule has 0 aromatic rings. The first-order valence-electron chi connectivity index (χ1n) is 6.24. The summed E-state index contributed by atoms with van der Waals surface area (Å²) in [5.74, 6) is -0.535. The fraction of sp³-hybridized carbons (Fsp3) is 0.917. The second-order valence-electron chi connectivity index (χ2n) is 6.16. The van der Waals surface area contributed by atoms with Gasteiger partial charge in [-0.25, -0.2) is 0 Å². The highest BCUT2D eigenvalue weighted by Gasteiger charge is 2.82. The van der Waals surface area contributed by atoms with Crippen LogP contribution in [-0.2, 0) is 23.7 Å². The van der Waals surface area contributed by atoms with Gasteiger partial charge in [-0.15, -0.1) is 0 Å². The van der Waals surface area contributed by atoms with Gasteiger partial charge >= 0.3 is 0 Å². The van der Waals surface area contributed by atoms with E-state index in [1.54, 1.807) is 0 Å². The average Bonchev–Trinajstić information content (AvgIpc) is 2.81. The minimum Gasteiger partial charge on any atom is -0.323 e. The summed E-state index contributed by atoms with van der Waals surface area (Å²) >= 11 is 0. The highest BCUT2D eigenvalue weighted by Crippen LogP contribution is 2.73. The topological polar surface area (TPSA) is 54.0 Å². The van der Waals surface area contributed by atoms with E-state index in [9.17, 15) is 4.79 Å². The predicted octanol–water partition coefficient (Wildman–Crippen LogP) is 0.485. The largest absolute Gasteiger partial charge is 0.323 e. The van der Waals surface area contributed by atoms with Crippen molar-refractivity contribution in [3.8, 4) is 0 Å². The Labute approximate surface area is 98.3 Å². The zero-order valence-corrected chi connectivity index (χ0v) is 9.66. The normalized spacial score (nSPS) is 73.6. The third kappa shape index (κ3) is 0.748. The molecule has 1 unspecified atom stereocenters. The molecule has 4 heterocycles. The first-order chi connectivity index (χ1) is 8.07. The van der Waals surface area contributed by atoms with Gasteiger partial charge < -0.3 is 23.7 Å². The average molecular weight is 238 g/mol. The van der Waals surface area contributed by atoms with Crippen molar-refractivity contribution in [3.63, 3.8) is 0 Å². The number of rotatable bonds is 1. The molecule has 5 rings (SSSR count). The van der Waals surface area contributed by atoms with E-state index in [0.29, 0.717) is 0 Å². The maximum Gasteiger partial charge on any atom is 0.175 e. The summed E-state index contributed by atoms with van der Waals surface area (Å²) in [5, 5.41) is 0. The van der Waals surface area contributed by atoms with Gasteiger partial charge in [0.25, 0.3) is 0 Å². The Bertz CT molecular complexity index is 405. The zero-order valence-electron chi connectivity index (χ0n) is 9.66. The van der Waals surface area contributed by atoms with Gasteiger partial charge in [-0.2, -0.15) is 0 Å². The molecule has 0 radical (unpaired) electrons. The van der Waals surface area contributed by atoms with Crippen LogP contribution in [0.15, 0.2) is 0 Å². The Kier molecular flexibility index (Phi) is 1.29. The van der Waals surface area contributed by atoms with Crippen molar-refractivity contribution in [3.05, 3.63) is 0 Å². The molecule has 0 spiro atoms. The van der Waals surface area contributed by atoms with E-state index in [1.165, 1.54) is 0 Å². The predicted molar refractivity (Wildman–Crippen MR) is 52.2 cm³/mol. The van der Waals surface area contributed by atoms with E-state index in [4.69, 9.17) is 18.9 Å². The van der Waals surface area contributed by atoms with E-state index in [0.717, 1.165) is 6.29 Å². The lowest BCUT2D eigenvalue weighted by molar-refractivity contribution is -0.405. The quantitative estimate of drug-likeness (QED) is 0.622. The zero-order chi connectivity index (χ0) is 11.6. The summed E-state index contributed by atoms with van der Waals surface area (Å²) in [7, 11) is 0. The SMILES string of the molecule is C[C@]12O[C@@H]3O[C@@H]4O[C@](C)(O1)[C@H]1[C@@H]4C(C=O)[C@@H]3[C@H]12. The summed E-state index contributed by atoms with van der Waals surface area (Å²) in [6.45, 7) is 3.90. The van der Waals surface area contributed by atoms with Crippen molar-refractivity contribution >= 4 is 6.29 Å². The van der Waals surface area contributed by atoms with Crippen LogP contribution < -0.4 is 0 Å². The number of aldehydes is 1. The van der Waals surface area contributed by atoms with E-state index in [-0.39, 0.29) is 42.2 Å². The van der Waals surface area contributed by atoms with Crippen LogP contribution in [0.2, 0.25) is 0 Å². The molecule has 5 heteroatoms. The van der Waals surface area contributed by atoms with Crippen molar-refractivity contribution < 1.29 is 23.7 Å². The van der Waals surface area contributed by atoms with Crippen LogP contribution in [0.1, 0.15) is 13.8 Å². The Morgan fingerprint density at radius 3 is 2.00 bits per heavy atom. The van der Waals surface area contributed by atoms with E-state index < -0.39 is 11.6 Å². The molecule has 0 amide bonds. The Morgan fingerprint density at radius 2 is 1.53 bits per heavy atom. The first-order valence-corrected chi connectivity index (χ1v) is 6.24. The highest BCUT2D eigenvalue weighted by atomic mass is 16.9. The molecule has 1 saturated carbocycles. The fourth-order valence-electron chi connectivity index (χ4n) is 5.18. The molecule has 4 aliphatic heterocycles. The van der Waals surface area contributed by atoms with Gasteiger partial charge in [0.15, 0.2) is 24.2 Å². The number of hydrogen-bond donors (Lipinski definition) is 0. The monoisotopic (exact) mass is 238 g/mol. The smallest absolute Gasteiger partial charge is 0.175 e. The first kappa shape index (κ1) is 9.44. The van der Waals surface area contributed by atoms with Gasteiger partial charge in [0.2, 0.25) is 0 Å². The summed E-state index contributed by atoms with van der Waals surface area (Å²) in [6.07, 6.45) is 0.396. The van der Waals surface area contributed by atoms with Crippen molar-refractivity contribution in [1.82, 2.24) is 0 Å². The lowest BCUT2D eigenvalue weighted by atomic mass is 9.83. The number of carbonyl (C=O) groups excluding carboxylic acids is 1. The fourth-order valence-corrected chi connectivity index (χ4v) is 5.18. The molecule has 2 bridgehead atoms. The molecule has 4 saturated heterocycles. The van der Waals surface area contributed by atoms with Crippen LogP contribution in [-0.4, -0.2) is 30.4 Å². The van der Waals surface area contributed by atoms with Gasteiger partial charge in [-0.3, -0.25) is 0 Å². The third-order valence-electron chi connectivity index (χ3n) is 5.48. The molecule has 92 valence electrons. The van der Waals surface area contributed by atoms with E-state index >= 15 is 0 Å². The lowest BCUT2D eigenvalue weighted by Crippen LogP contribution is -2.45. The second kappa shape index (κ2) is 2.32. The Hall–Kier alpha value is -0.490. The third-order valence-corrected chi connectivity index (χ3v) is 5.48. The van der Waals surface area contributed by atoms with Crippen molar-refractivity contribution in [2.45, 2.75) is 38.0 Å². The molecule has 5 nitrogen and oxygen atoms in total. The van der Waals surface area contributed by atoms with E-state index in [1.807, 2.05) is 13.8 Å². The van der Waals surface area contributed by atoms with Gasteiger partial charge in [0.1, 0.15) is 6.29 Å². The lowest BCUT2D eigenvalue weighted by Gasteiger charge is -2.37. The Morgan fingerprint density at radius 1 is 1.00 bits per heavy atom. The summed E-state index contributed by atoms with van der Waals surface area (Å²) in [6, 6.07) is 0. The molecule has 9 atom stereocenters. The van der Waals surface area contributed by atoms with Crippen molar-refractivity contribution in [2.75, 3.05) is 0 Å². The van der Waals surface area contributed by atoms with Gasteiger partial charge in [0, 0.05) is 29.6 Å². The van der Waals surface area contributed by atoms with Crippen molar-refractivity contribution in [1.29, 1.82) is 0 Å².